The van der Waals surface area contributed by atoms with E-state index in [-0.39, 0.29) is 0 Å². The molecule has 0 aromatic carbocycles. The molecule has 2 rings (SSSR count). The lowest BCUT2D eigenvalue weighted by atomic mass is 9.76. The molecule has 0 aliphatic heterocycles. The zero-order valence-corrected chi connectivity index (χ0v) is 14.8. The van der Waals surface area contributed by atoms with Crippen molar-refractivity contribution in [1.29, 1.82) is 0 Å². The summed E-state index contributed by atoms with van der Waals surface area (Å²) in [6, 6.07) is 0. The summed E-state index contributed by atoms with van der Waals surface area (Å²) >= 11 is 0. The van der Waals surface area contributed by atoms with Crippen molar-refractivity contribution in [3.8, 4) is 0 Å². The molecule has 0 aromatic heterocycles. The SMILES string of the molecule is CCCCCCCC1CCC(CCC2CCCCC2)CC1. The first-order valence-electron chi connectivity index (χ1n) is 10.4. The maximum atomic E-state index is 2.31. The van der Waals surface area contributed by atoms with E-state index in [1.54, 1.807) is 57.8 Å². The molecule has 0 amide bonds. The molecule has 21 heavy (non-hydrogen) atoms. The minimum atomic E-state index is 1.09. The van der Waals surface area contributed by atoms with Gasteiger partial charge in [-0.25, -0.2) is 0 Å². The zero-order valence-electron chi connectivity index (χ0n) is 14.8. The van der Waals surface area contributed by atoms with Gasteiger partial charge in [0.25, 0.3) is 0 Å². The van der Waals surface area contributed by atoms with Gasteiger partial charge in [0.1, 0.15) is 0 Å². The average molecular weight is 293 g/mol. The summed E-state index contributed by atoms with van der Waals surface area (Å²) in [5, 5.41) is 0. The Morgan fingerprint density at radius 2 is 1.05 bits per heavy atom. The fraction of sp³-hybridized carbons (Fsp3) is 1.00. The second-order valence-corrected chi connectivity index (χ2v) is 8.17. The van der Waals surface area contributed by atoms with Gasteiger partial charge in [-0.15, -0.1) is 0 Å². The lowest BCUT2D eigenvalue weighted by molar-refractivity contribution is 0.226. The summed E-state index contributed by atoms with van der Waals surface area (Å²) in [5.74, 6) is 3.30. The van der Waals surface area contributed by atoms with Gasteiger partial charge in [-0.1, -0.05) is 116 Å². The second kappa shape index (κ2) is 10.7. The highest BCUT2D eigenvalue weighted by molar-refractivity contribution is 4.75. The Morgan fingerprint density at radius 1 is 0.524 bits per heavy atom. The molecular formula is C21H40. The van der Waals surface area contributed by atoms with Crippen LogP contribution in [-0.4, -0.2) is 0 Å². The number of rotatable bonds is 9. The molecule has 0 spiro atoms. The van der Waals surface area contributed by atoms with Gasteiger partial charge in [0.05, 0.1) is 0 Å². The van der Waals surface area contributed by atoms with E-state index in [9.17, 15) is 0 Å². The van der Waals surface area contributed by atoms with Crippen LogP contribution >= 0.6 is 0 Å². The van der Waals surface area contributed by atoms with Crippen molar-refractivity contribution in [3.05, 3.63) is 0 Å². The predicted octanol–water partition coefficient (Wildman–Crippen LogP) is 7.51. The molecule has 0 N–H and O–H groups in total. The first kappa shape index (κ1) is 17.4. The fourth-order valence-corrected chi connectivity index (χ4v) is 4.79. The Hall–Kier alpha value is 0. The minimum Gasteiger partial charge on any atom is -0.0654 e. The topological polar surface area (TPSA) is 0 Å². The normalized spacial score (nSPS) is 27.9. The summed E-state index contributed by atoms with van der Waals surface area (Å²) < 4.78 is 0. The van der Waals surface area contributed by atoms with Gasteiger partial charge in [-0.05, 0) is 17.8 Å². The molecule has 2 saturated carbocycles. The predicted molar refractivity (Wildman–Crippen MR) is 94.6 cm³/mol. The first-order valence-corrected chi connectivity index (χ1v) is 10.4. The molecule has 0 heteroatoms. The number of hydrogen-bond acceptors (Lipinski definition) is 0. The molecule has 0 heterocycles. The quantitative estimate of drug-likeness (QED) is 0.386. The maximum Gasteiger partial charge on any atom is -0.0414 e. The lowest BCUT2D eigenvalue weighted by Crippen LogP contribution is -2.16. The number of hydrogen-bond donors (Lipinski definition) is 0. The molecular weight excluding hydrogens is 252 g/mol. The summed E-state index contributed by atoms with van der Waals surface area (Å²) in [5.41, 5.74) is 0. The molecule has 0 atom stereocenters. The van der Waals surface area contributed by atoms with E-state index >= 15 is 0 Å². The Labute approximate surface area is 134 Å². The van der Waals surface area contributed by atoms with Crippen LogP contribution in [0.1, 0.15) is 116 Å². The number of unbranched alkanes of at least 4 members (excludes halogenated alkanes) is 4. The second-order valence-electron chi connectivity index (χ2n) is 8.17. The van der Waals surface area contributed by atoms with Crippen molar-refractivity contribution in [2.75, 3.05) is 0 Å². The van der Waals surface area contributed by atoms with E-state index in [1.807, 2.05) is 0 Å². The molecule has 0 bridgehead atoms. The van der Waals surface area contributed by atoms with Crippen molar-refractivity contribution >= 4 is 0 Å². The molecule has 0 saturated heterocycles. The van der Waals surface area contributed by atoms with Crippen LogP contribution < -0.4 is 0 Å². The van der Waals surface area contributed by atoms with E-state index < -0.39 is 0 Å². The molecule has 0 radical (unpaired) electrons. The van der Waals surface area contributed by atoms with Crippen LogP contribution in [-0.2, 0) is 0 Å². The maximum absolute atomic E-state index is 2.31. The smallest absolute Gasteiger partial charge is 0.0414 e. The van der Waals surface area contributed by atoms with Crippen LogP contribution in [0.25, 0.3) is 0 Å². The fourth-order valence-electron chi connectivity index (χ4n) is 4.79. The summed E-state index contributed by atoms with van der Waals surface area (Å²) in [4.78, 5) is 0. The molecule has 0 unspecified atom stereocenters. The summed E-state index contributed by atoms with van der Waals surface area (Å²) in [7, 11) is 0. The molecule has 124 valence electrons. The van der Waals surface area contributed by atoms with E-state index in [0.717, 1.165) is 17.8 Å². The highest BCUT2D eigenvalue weighted by Gasteiger charge is 2.22. The molecule has 2 aliphatic carbocycles. The minimum absolute atomic E-state index is 1.09. The Bertz CT molecular complexity index is 230. The van der Waals surface area contributed by atoms with Gasteiger partial charge >= 0.3 is 0 Å². The molecule has 0 nitrogen and oxygen atoms in total. The Morgan fingerprint density at radius 3 is 1.67 bits per heavy atom. The van der Waals surface area contributed by atoms with Gasteiger partial charge in [0.15, 0.2) is 0 Å². The highest BCUT2D eigenvalue weighted by Crippen LogP contribution is 2.36. The third-order valence-corrected chi connectivity index (χ3v) is 6.39. The molecule has 2 aliphatic rings. The van der Waals surface area contributed by atoms with Crippen LogP contribution in [0.4, 0.5) is 0 Å². The van der Waals surface area contributed by atoms with Gasteiger partial charge in [0.2, 0.25) is 0 Å². The van der Waals surface area contributed by atoms with E-state index in [4.69, 9.17) is 0 Å². The Kier molecular flexibility index (Phi) is 8.83. The third-order valence-electron chi connectivity index (χ3n) is 6.39. The average Bonchev–Trinajstić information content (AvgIpc) is 2.55. The van der Waals surface area contributed by atoms with Crippen LogP contribution in [0.5, 0.6) is 0 Å². The van der Waals surface area contributed by atoms with Gasteiger partial charge in [-0.3, -0.25) is 0 Å². The van der Waals surface area contributed by atoms with Crippen LogP contribution in [0.3, 0.4) is 0 Å². The monoisotopic (exact) mass is 292 g/mol. The van der Waals surface area contributed by atoms with Crippen molar-refractivity contribution in [1.82, 2.24) is 0 Å². The summed E-state index contributed by atoms with van der Waals surface area (Å²) in [6.07, 6.45) is 25.9. The van der Waals surface area contributed by atoms with Gasteiger partial charge in [-0.2, -0.15) is 0 Å². The Balaban J connectivity index is 1.47. The van der Waals surface area contributed by atoms with Crippen molar-refractivity contribution in [3.63, 3.8) is 0 Å². The highest BCUT2D eigenvalue weighted by atomic mass is 14.3. The third kappa shape index (κ3) is 7.20. The van der Waals surface area contributed by atoms with E-state index in [2.05, 4.69) is 6.92 Å². The van der Waals surface area contributed by atoms with E-state index in [1.165, 1.54) is 51.4 Å². The molecule has 2 fully saturated rings. The van der Waals surface area contributed by atoms with Gasteiger partial charge in [0, 0.05) is 0 Å². The van der Waals surface area contributed by atoms with Crippen molar-refractivity contribution in [2.24, 2.45) is 17.8 Å². The van der Waals surface area contributed by atoms with Crippen molar-refractivity contribution in [2.45, 2.75) is 116 Å². The van der Waals surface area contributed by atoms with E-state index in [0.29, 0.717) is 0 Å². The van der Waals surface area contributed by atoms with Crippen LogP contribution in [0.15, 0.2) is 0 Å². The van der Waals surface area contributed by atoms with Crippen LogP contribution in [0.2, 0.25) is 0 Å². The first-order chi connectivity index (χ1) is 10.4. The standard InChI is InChI=1S/C21H40/c1-2-3-4-5-7-12-20-14-17-21(18-15-20)16-13-19-10-8-6-9-11-19/h19-21H,2-18H2,1H3. The largest absolute Gasteiger partial charge is 0.0654 e. The van der Waals surface area contributed by atoms with Crippen molar-refractivity contribution < 1.29 is 0 Å². The molecule has 0 aromatic rings. The summed E-state index contributed by atoms with van der Waals surface area (Å²) in [6.45, 7) is 2.31. The zero-order chi connectivity index (χ0) is 14.8. The van der Waals surface area contributed by atoms with Crippen LogP contribution in [0, 0.1) is 17.8 Å². The lowest BCUT2D eigenvalue weighted by Gasteiger charge is -2.30. The van der Waals surface area contributed by atoms with Gasteiger partial charge < -0.3 is 0 Å².